The smallest absolute Gasteiger partial charge is 0.258 e. The minimum absolute atomic E-state index is 0.0865. The van der Waals surface area contributed by atoms with Gasteiger partial charge in [-0.15, -0.1) is 0 Å². The summed E-state index contributed by atoms with van der Waals surface area (Å²) in [5, 5.41) is 6.77. The molecule has 7 nitrogen and oxygen atoms in total. The van der Waals surface area contributed by atoms with Gasteiger partial charge in [0.2, 0.25) is 5.89 Å². The Morgan fingerprint density at radius 2 is 2.08 bits per heavy atom. The van der Waals surface area contributed by atoms with Gasteiger partial charge in [0.25, 0.3) is 5.91 Å². The van der Waals surface area contributed by atoms with E-state index in [1.54, 1.807) is 25.3 Å². The molecule has 1 aromatic heterocycles. The normalized spacial score (nSPS) is 14.9. The first kappa shape index (κ1) is 17.3. The minimum atomic E-state index is -0.250. The van der Waals surface area contributed by atoms with Crippen molar-refractivity contribution in [3.63, 3.8) is 0 Å². The molecule has 25 heavy (non-hydrogen) atoms. The summed E-state index contributed by atoms with van der Waals surface area (Å²) >= 11 is 0. The molecular formula is C18H23N3O4. The van der Waals surface area contributed by atoms with E-state index in [2.05, 4.69) is 15.5 Å². The molecule has 0 bridgehead atoms. The van der Waals surface area contributed by atoms with Gasteiger partial charge in [-0.2, -0.15) is 4.98 Å². The van der Waals surface area contributed by atoms with E-state index in [1.165, 1.54) is 19.3 Å². The summed E-state index contributed by atoms with van der Waals surface area (Å²) in [7, 11) is 1.58. The zero-order valence-corrected chi connectivity index (χ0v) is 14.4. The summed E-state index contributed by atoms with van der Waals surface area (Å²) in [4.78, 5) is 16.3. The van der Waals surface area contributed by atoms with Crippen molar-refractivity contribution in [3.8, 4) is 11.5 Å². The Morgan fingerprint density at radius 1 is 1.28 bits per heavy atom. The number of hydrogen-bond donors (Lipinski definition) is 1. The van der Waals surface area contributed by atoms with Crippen molar-refractivity contribution in [1.29, 1.82) is 0 Å². The molecular weight excluding hydrogens is 322 g/mol. The van der Waals surface area contributed by atoms with Crippen LogP contribution in [0.15, 0.2) is 28.8 Å². The van der Waals surface area contributed by atoms with Crippen LogP contribution in [0.4, 0.5) is 0 Å². The second-order valence-electron chi connectivity index (χ2n) is 6.13. The molecule has 1 saturated carbocycles. The molecule has 0 spiro atoms. The fourth-order valence-electron chi connectivity index (χ4n) is 2.93. The Bertz CT molecular complexity index is 695. The van der Waals surface area contributed by atoms with Crippen molar-refractivity contribution in [2.24, 2.45) is 0 Å². The monoisotopic (exact) mass is 345 g/mol. The van der Waals surface area contributed by atoms with Crippen LogP contribution in [-0.2, 0) is 11.3 Å². The van der Waals surface area contributed by atoms with Gasteiger partial charge in [-0.3, -0.25) is 4.79 Å². The number of methoxy groups -OCH3 is 1. The van der Waals surface area contributed by atoms with E-state index in [1.807, 2.05) is 6.07 Å². The van der Waals surface area contributed by atoms with Crippen molar-refractivity contribution in [3.05, 3.63) is 36.0 Å². The number of nitrogens with one attached hydrogen (secondary N) is 1. The van der Waals surface area contributed by atoms with Crippen LogP contribution in [0, 0.1) is 0 Å². The first-order valence-corrected chi connectivity index (χ1v) is 8.60. The van der Waals surface area contributed by atoms with Crippen molar-refractivity contribution >= 4 is 5.91 Å². The number of amides is 1. The standard InChI is InChI=1S/C18H23N3O4/c1-23-14-8-5-9-15(10-14)24-12-16(22)19-11-17-20-18(21-25-17)13-6-3-2-4-7-13/h5,8-10,13H,2-4,6-7,11-12H2,1H3,(H,19,22). The summed E-state index contributed by atoms with van der Waals surface area (Å²) in [6, 6.07) is 7.11. The molecule has 1 aliphatic carbocycles. The summed E-state index contributed by atoms with van der Waals surface area (Å²) in [5.74, 6) is 2.58. The minimum Gasteiger partial charge on any atom is -0.497 e. The molecule has 0 saturated heterocycles. The average Bonchev–Trinajstić information content (AvgIpc) is 3.15. The van der Waals surface area contributed by atoms with Crippen LogP contribution in [0.25, 0.3) is 0 Å². The number of carbonyl (C=O) groups excluding carboxylic acids is 1. The summed E-state index contributed by atoms with van der Waals surface area (Å²) < 4.78 is 15.8. The Balaban J connectivity index is 1.43. The second-order valence-corrected chi connectivity index (χ2v) is 6.13. The largest absolute Gasteiger partial charge is 0.497 e. The predicted octanol–water partition coefficient (Wildman–Crippen LogP) is 2.82. The van der Waals surface area contributed by atoms with Crippen LogP contribution in [0.1, 0.15) is 49.7 Å². The molecule has 1 N–H and O–H groups in total. The first-order chi connectivity index (χ1) is 12.2. The first-order valence-electron chi connectivity index (χ1n) is 8.60. The van der Waals surface area contributed by atoms with Crippen LogP contribution < -0.4 is 14.8 Å². The lowest BCUT2D eigenvalue weighted by atomic mass is 9.89. The lowest BCUT2D eigenvalue weighted by Gasteiger charge is -2.17. The number of nitrogens with zero attached hydrogens (tertiary/aromatic N) is 2. The molecule has 134 valence electrons. The molecule has 1 amide bonds. The third kappa shape index (κ3) is 4.95. The Labute approximate surface area is 146 Å². The van der Waals surface area contributed by atoms with E-state index in [0.717, 1.165) is 18.7 Å². The van der Waals surface area contributed by atoms with Crippen molar-refractivity contribution in [1.82, 2.24) is 15.5 Å². The molecule has 0 unspecified atom stereocenters. The highest BCUT2D eigenvalue weighted by Gasteiger charge is 2.20. The van der Waals surface area contributed by atoms with E-state index in [9.17, 15) is 4.79 Å². The van der Waals surface area contributed by atoms with Gasteiger partial charge in [0.05, 0.1) is 13.7 Å². The number of carbonyl (C=O) groups is 1. The molecule has 2 aromatic rings. The highest BCUT2D eigenvalue weighted by molar-refractivity contribution is 5.77. The summed E-state index contributed by atoms with van der Waals surface area (Å²) in [5.41, 5.74) is 0. The van der Waals surface area contributed by atoms with Gasteiger partial charge in [0.1, 0.15) is 11.5 Å². The lowest BCUT2D eigenvalue weighted by molar-refractivity contribution is -0.123. The van der Waals surface area contributed by atoms with Crippen LogP contribution in [-0.4, -0.2) is 29.8 Å². The molecule has 1 fully saturated rings. The lowest BCUT2D eigenvalue weighted by Crippen LogP contribution is -2.28. The SMILES string of the molecule is COc1cccc(OCC(=O)NCc2nc(C3CCCCC3)no2)c1. The summed E-state index contributed by atoms with van der Waals surface area (Å²) in [6.07, 6.45) is 5.93. The Hall–Kier alpha value is -2.57. The van der Waals surface area contributed by atoms with Crippen molar-refractivity contribution < 1.29 is 18.8 Å². The van der Waals surface area contributed by atoms with E-state index >= 15 is 0 Å². The molecule has 0 aliphatic heterocycles. The van der Waals surface area contributed by atoms with E-state index < -0.39 is 0 Å². The van der Waals surface area contributed by atoms with Crippen molar-refractivity contribution in [2.45, 2.75) is 44.6 Å². The molecule has 3 rings (SSSR count). The maximum absolute atomic E-state index is 11.9. The van der Waals surface area contributed by atoms with Crippen molar-refractivity contribution in [2.75, 3.05) is 13.7 Å². The highest BCUT2D eigenvalue weighted by Crippen LogP contribution is 2.30. The van der Waals surface area contributed by atoms with Crippen LogP contribution in [0.2, 0.25) is 0 Å². The molecule has 1 aromatic carbocycles. The molecule has 1 aliphatic rings. The topological polar surface area (TPSA) is 86.5 Å². The molecule has 7 heteroatoms. The fourth-order valence-corrected chi connectivity index (χ4v) is 2.93. The van der Waals surface area contributed by atoms with Crippen LogP contribution >= 0.6 is 0 Å². The predicted molar refractivity (Wildman–Crippen MR) is 90.5 cm³/mol. The quantitative estimate of drug-likeness (QED) is 0.830. The molecule has 0 atom stereocenters. The Morgan fingerprint density at radius 3 is 2.88 bits per heavy atom. The molecule has 0 radical (unpaired) electrons. The van der Waals surface area contributed by atoms with Gasteiger partial charge in [-0.25, -0.2) is 0 Å². The Kier molecular flexibility index (Phi) is 5.87. The van der Waals surface area contributed by atoms with Gasteiger partial charge < -0.3 is 19.3 Å². The van der Waals surface area contributed by atoms with Gasteiger partial charge in [-0.1, -0.05) is 30.5 Å². The van der Waals surface area contributed by atoms with E-state index in [4.69, 9.17) is 14.0 Å². The number of hydrogen-bond acceptors (Lipinski definition) is 6. The zero-order valence-electron chi connectivity index (χ0n) is 14.4. The van der Waals surface area contributed by atoms with Gasteiger partial charge >= 0.3 is 0 Å². The van der Waals surface area contributed by atoms with Gasteiger partial charge in [-0.05, 0) is 25.0 Å². The second kappa shape index (κ2) is 8.50. The number of ether oxygens (including phenoxy) is 2. The average molecular weight is 345 g/mol. The number of aromatic nitrogens is 2. The van der Waals surface area contributed by atoms with Gasteiger partial charge in [0.15, 0.2) is 12.4 Å². The van der Waals surface area contributed by atoms with Crippen LogP contribution in [0.5, 0.6) is 11.5 Å². The number of benzene rings is 1. The maximum Gasteiger partial charge on any atom is 0.258 e. The fraction of sp³-hybridized carbons (Fsp3) is 0.500. The van der Waals surface area contributed by atoms with E-state index in [0.29, 0.717) is 23.3 Å². The number of rotatable bonds is 7. The van der Waals surface area contributed by atoms with Gasteiger partial charge in [0, 0.05) is 12.0 Å². The molecule has 1 heterocycles. The van der Waals surface area contributed by atoms with Crippen LogP contribution in [0.3, 0.4) is 0 Å². The third-order valence-electron chi connectivity index (χ3n) is 4.30. The maximum atomic E-state index is 11.9. The third-order valence-corrected chi connectivity index (χ3v) is 4.30. The summed E-state index contributed by atoms with van der Waals surface area (Å²) in [6.45, 7) is 0.122. The highest BCUT2D eigenvalue weighted by atomic mass is 16.5. The van der Waals surface area contributed by atoms with E-state index in [-0.39, 0.29) is 19.1 Å². The zero-order chi connectivity index (χ0) is 17.5.